The van der Waals surface area contributed by atoms with E-state index in [4.69, 9.17) is 14.4 Å². The van der Waals surface area contributed by atoms with Crippen LogP contribution in [0.2, 0.25) is 0 Å². The van der Waals surface area contributed by atoms with Gasteiger partial charge >= 0.3 is 0 Å². The Balaban J connectivity index is 1.33. The van der Waals surface area contributed by atoms with Gasteiger partial charge < -0.3 is 14.2 Å². The molecule has 6 rings (SSSR count). The average molecular weight is 458 g/mol. The van der Waals surface area contributed by atoms with Crippen molar-refractivity contribution in [2.75, 3.05) is 31.1 Å². The molecule has 3 aromatic rings. The minimum Gasteiger partial charge on any atom is -0.418 e. The number of amides is 1. The lowest BCUT2D eigenvalue weighted by Gasteiger charge is -2.35. The van der Waals surface area contributed by atoms with Gasteiger partial charge in [-0.15, -0.1) is 10.2 Å². The first-order chi connectivity index (χ1) is 16.6. The number of carbonyl (C=O) groups is 1. The molecule has 174 valence electrons. The van der Waals surface area contributed by atoms with Crippen LogP contribution in [0.1, 0.15) is 40.7 Å². The average Bonchev–Trinajstić information content (AvgIpc) is 3.60. The van der Waals surface area contributed by atoms with Crippen molar-refractivity contribution in [1.82, 2.24) is 30.0 Å². The van der Waals surface area contributed by atoms with Crippen LogP contribution in [0, 0.1) is 6.92 Å². The molecule has 4 heterocycles. The molecule has 1 amide bonds. The summed E-state index contributed by atoms with van der Waals surface area (Å²) in [6, 6.07) is 9.13. The number of benzene rings is 1. The van der Waals surface area contributed by atoms with Gasteiger partial charge in [0.05, 0.1) is 5.69 Å². The second-order valence-electron chi connectivity index (χ2n) is 9.10. The molecule has 2 aromatic heterocycles. The predicted octanol–water partition coefficient (Wildman–Crippen LogP) is 2.67. The summed E-state index contributed by atoms with van der Waals surface area (Å²) in [4.78, 5) is 28.4. The maximum Gasteiger partial charge on any atom is 0.285 e. The van der Waals surface area contributed by atoms with E-state index in [2.05, 4.69) is 50.8 Å². The van der Waals surface area contributed by atoms with E-state index in [-0.39, 0.29) is 5.91 Å². The standard InChI is InChI=1S/C25H27N7O2/c1-3-22(33)30-10-12-31(13-11-30)24-19-14-32(21-9-8-17-6-4-5-7-18(17)21)15-20(19)26-23(27-24)25-29-28-16(2)34-25/h3-7,21H,1,8-15H2,2H3. The first-order valence-electron chi connectivity index (χ1n) is 11.8. The lowest BCUT2D eigenvalue weighted by Crippen LogP contribution is -2.48. The zero-order chi connectivity index (χ0) is 23.2. The number of hydrogen-bond acceptors (Lipinski definition) is 8. The number of piperazine rings is 1. The number of nitrogens with zero attached hydrogens (tertiary/aromatic N) is 7. The zero-order valence-corrected chi connectivity index (χ0v) is 19.3. The summed E-state index contributed by atoms with van der Waals surface area (Å²) >= 11 is 0. The van der Waals surface area contributed by atoms with Gasteiger partial charge in [0.2, 0.25) is 17.6 Å². The molecule has 0 N–H and O–H groups in total. The molecular formula is C25H27N7O2. The normalized spacial score (nSPS) is 19.9. The van der Waals surface area contributed by atoms with Crippen LogP contribution in [0.3, 0.4) is 0 Å². The fourth-order valence-electron chi connectivity index (χ4n) is 5.41. The number of rotatable bonds is 4. The number of anilines is 1. The van der Waals surface area contributed by atoms with Gasteiger partial charge in [-0.2, -0.15) is 0 Å². The molecule has 0 spiro atoms. The second-order valence-corrected chi connectivity index (χ2v) is 9.10. The molecule has 34 heavy (non-hydrogen) atoms. The topological polar surface area (TPSA) is 91.5 Å². The molecule has 1 fully saturated rings. The predicted molar refractivity (Wildman–Crippen MR) is 126 cm³/mol. The van der Waals surface area contributed by atoms with E-state index in [9.17, 15) is 4.79 Å². The Hall–Kier alpha value is -3.59. The van der Waals surface area contributed by atoms with Crippen molar-refractivity contribution in [3.8, 4) is 11.7 Å². The van der Waals surface area contributed by atoms with Gasteiger partial charge in [0.25, 0.3) is 5.89 Å². The Labute approximate surface area is 198 Å². The molecule has 3 aliphatic rings. The van der Waals surface area contributed by atoms with Crippen LogP contribution in [-0.2, 0) is 24.3 Å². The summed E-state index contributed by atoms with van der Waals surface area (Å²) in [5.41, 5.74) is 5.05. The Bertz CT molecular complexity index is 1260. The largest absolute Gasteiger partial charge is 0.418 e. The molecule has 2 aliphatic heterocycles. The van der Waals surface area contributed by atoms with E-state index in [1.54, 1.807) is 6.92 Å². The van der Waals surface area contributed by atoms with Gasteiger partial charge in [0, 0.05) is 57.8 Å². The van der Waals surface area contributed by atoms with Gasteiger partial charge in [-0.3, -0.25) is 9.69 Å². The Morgan fingerprint density at radius 1 is 1.12 bits per heavy atom. The quantitative estimate of drug-likeness (QED) is 0.553. The Kier molecular flexibility index (Phi) is 5.13. The van der Waals surface area contributed by atoms with Crippen molar-refractivity contribution in [2.24, 2.45) is 0 Å². The fraction of sp³-hybridized carbons (Fsp3) is 0.400. The van der Waals surface area contributed by atoms with E-state index in [0.29, 0.717) is 49.8 Å². The van der Waals surface area contributed by atoms with Crippen LogP contribution >= 0.6 is 0 Å². The van der Waals surface area contributed by atoms with E-state index < -0.39 is 0 Å². The lowest BCUT2D eigenvalue weighted by atomic mass is 10.1. The van der Waals surface area contributed by atoms with E-state index in [1.807, 2.05) is 4.90 Å². The van der Waals surface area contributed by atoms with Crippen LogP contribution < -0.4 is 4.90 Å². The molecule has 0 radical (unpaired) electrons. The Morgan fingerprint density at radius 2 is 1.94 bits per heavy atom. The lowest BCUT2D eigenvalue weighted by molar-refractivity contribution is -0.126. The highest BCUT2D eigenvalue weighted by Gasteiger charge is 2.36. The third kappa shape index (κ3) is 3.56. The van der Waals surface area contributed by atoms with Gasteiger partial charge in [-0.1, -0.05) is 30.8 Å². The zero-order valence-electron chi connectivity index (χ0n) is 19.3. The summed E-state index contributed by atoms with van der Waals surface area (Å²) in [6.07, 6.45) is 3.61. The first-order valence-corrected chi connectivity index (χ1v) is 11.8. The SMILES string of the molecule is C=CC(=O)N1CCN(c2nc(-c3nnc(C)o3)nc3c2CN(C2CCc4ccccc42)C3)CC1. The van der Waals surface area contributed by atoms with Gasteiger partial charge in [0.1, 0.15) is 5.82 Å². The fourth-order valence-corrected chi connectivity index (χ4v) is 5.41. The van der Waals surface area contributed by atoms with Gasteiger partial charge in [-0.05, 0) is 30.0 Å². The summed E-state index contributed by atoms with van der Waals surface area (Å²) in [5, 5.41) is 8.13. The third-order valence-corrected chi connectivity index (χ3v) is 7.11. The van der Waals surface area contributed by atoms with Crippen molar-refractivity contribution < 1.29 is 9.21 Å². The number of aromatic nitrogens is 4. The van der Waals surface area contributed by atoms with Gasteiger partial charge in [-0.25, -0.2) is 9.97 Å². The molecule has 1 aliphatic carbocycles. The first kappa shape index (κ1) is 21.0. The Morgan fingerprint density at radius 3 is 2.71 bits per heavy atom. The monoisotopic (exact) mass is 457 g/mol. The molecule has 1 atom stereocenters. The molecule has 9 nitrogen and oxygen atoms in total. The summed E-state index contributed by atoms with van der Waals surface area (Å²) in [5.74, 6) is 2.18. The smallest absolute Gasteiger partial charge is 0.285 e. The maximum absolute atomic E-state index is 12.1. The number of carbonyl (C=O) groups excluding carboxylic acids is 1. The molecule has 1 unspecified atom stereocenters. The number of fused-ring (bicyclic) bond motifs is 2. The third-order valence-electron chi connectivity index (χ3n) is 7.11. The highest BCUT2D eigenvalue weighted by Crippen LogP contribution is 2.41. The molecule has 1 aromatic carbocycles. The molecule has 1 saturated heterocycles. The molecule has 0 saturated carbocycles. The van der Waals surface area contributed by atoms with Crippen molar-refractivity contribution in [1.29, 1.82) is 0 Å². The highest BCUT2D eigenvalue weighted by molar-refractivity contribution is 5.87. The van der Waals surface area contributed by atoms with Crippen LogP contribution in [0.25, 0.3) is 11.7 Å². The van der Waals surface area contributed by atoms with Crippen molar-refractivity contribution in [3.63, 3.8) is 0 Å². The van der Waals surface area contributed by atoms with Crippen LogP contribution in [-0.4, -0.2) is 62.1 Å². The van der Waals surface area contributed by atoms with Crippen LogP contribution in [0.4, 0.5) is 5.82 Å². The van der Waals surface area contributed by atoms with Crippen molar-refractivity contribution in [2.45, 2.75) is 38.9 Å². The highest BCUT2D eigenvalue weighted by atomic mass is 16.4. The van der Waals surface area contributed by atoms with E-state index in [0.717, 1.165) is 43.0 Å². The maximum atomic E-state index is 12.1. The molecule has 0 bridgehead atoms. The van der Waals surface area contributed by atoms with Crippen molar-refractivity contribution in [3.05, 3.63) is 65.2 Å². The minimum absolute atomic E-state index is 0.0272. The van der Waals surface area contributed by atoms with Crippen molar-refractivity contribution >= 4 is 11.7 Å². The molecule has 9 heteroatoms. The second kappa shape index (κ2) is 8.32. The van der Waals surface area contributed by atoms with Gasteiger partial charge in [0.15, 0.2) is 0 Å². The van der Waals surface area contributed by atoms with Crippen LogP contribution in [0.5, 0.6) is 0 Å². The molecular weight excluding hydrogens is 430 g/mol. The summed E-state index contributed by atoms with van der Waals surface area (Å²) in [6.45, 7) is 9.63. The number of hydrogen-bond donors (Lipinski definition) is 0. The summed E-state index contributed by atoms with van der Waals surface area (Å²) in [7, 11) is 0. The van der Waals surface area contributed by atoms with Crippen LogP contribution in [0.15, 0.2) is 41.3 Å². The summed E-state index contributed by atoms with van der Waals surface area (Å²) < 4.78 is 5.66. The number of aryl methyl sites for hydroxylation is 2. The van der Waals surface area contributed by atoms with E-state index >= 15 is 0 Å². The van der Waals surface area contributed by atoms with E-state index in [1.165, 1.54) is 17.2 Å². The minimum atomic E-state index is -0.0272.